The third-order valence-corrected chi connectivity index (χ3v) is 3.66. The van der Waals surface area contributed by atoms with Gasteiger partial charge < -0.3 is 9.64 Å². The summed E-state index contributed by atoms with van der Waals surface area (Å²) in [4.78, 5) is 2.49. The van der Waals surface area contributed by atoms with Gasteiger partial charge in [0.15, 0.2) is 0 Å². The summed E-state index contributed by atoms with van der Waals surface area (Å²) in [6, 6.07) is 4.95. The van der Waals surface area contributed by atoms with Crippen LogP contribution in [0.3, 0.4) is 0 Å². The topological polar surface area (TPSA) is 12.5 Å². The van der Waals surface area contributed by atoms with Crippen LogP contribution in [0.15, 0.2) is 12.1 Å². The van der Waals surface area contributed by atoms with Crippen molar-refractivity contribution in [3.63, 3.8) is 0 Å². The lowest BCUT2D eigenvalue weighted by Gasteiger charge is -2.40. The normalized spacial score (nSPS) is 19.1. The average Bonchev–Trinajstić information content (AvgIpc) is 2.28. The summed E-state index contributed by atoms with van der Waals surface area (Å²) in [5.74, 6) is 1.62. The van der Waals surface area contributed by atoms with Crippen LogP contribution in [0, 0.1) is 6.92 Å². The van der Waals surface area contributed by atoms with Gasteiger partial charge in [0, 0.05) is 6.04 Å². The van der Waals surface area contributed by atoms with Crippen molar-refractivity contribution in [1.82, 2.24) is 0 Å². The van der Waals surface area contributed by atoms with Gasteiger partial charge in [-0.3, -0.25) is 0 Å². The fourth-order valence-corrected chi connectivity index (χ4v) is 2.67. The van der Waals surface area contributed by atoms with Crippen molar-refractivity contribution < 1.29 is 4.74 Å². The Balaban J connectivity index is 2.61. The van der Waals surface area contributed by atoms with E-state index >= 15 is 0 Å². The number of hydrogen-bond donors (Lipinski definition) is 0. The first kappa shape index (κ1) is 13.3. The van der Waals surface area contributed by atoms with Crippen molar-refractivity contribution in [2.45, 2.75) is 59.6 Å². The zero-order valence-corrected chi connectivity index (χ0v) is 12.4. The number of nitrogens with zero attached hydrogens (tertiary/aromatic N) is 1. The van der Waals surface area contributed by atoms with Crippen LogP contribution in [0.1, 0.15) is 51.7 Å². The second-order valence-electron chi connectivity index (χ2n) is 5.98. The first-order chi connectivity index (χ1) is 8.41. The van der Waals surface area contributed by atoms with Crippen LogP contribution in [-0.4, -0.2) is 18.7 Å². The molecule has 0 radical (unpaired) electrons. The molecule has 2 nitrogen and oxygen atoms in total. The number of benzene rings is 1. The molecule has 0 fully saturated rings. The van der Waals surface area contributed by atoms with Crippen LogP contribution in [0.5, 0.6) is 5.75 Å². The molecule has 1 aromatic carbocycles. The summed E-state index contributed by atoms with van der Waals surface area (Å²) in [5, 5.41) is 0. The van der Waals surface area contributed by atoms with Crippen LogP contribution < -0.4 is 9.64 Å². The van der Waals surface area contributed by atoms with Crippen LogP contribution >= 0.6 is 0 Å². The van der Waals surface area contributed by atoms with Gasteiger partial charge in [-0.15, -0.1) is 0 Å². The van der Waals surface area contributed by atoms with Gasteiger partial charge >= 0.3 is 0 Å². The molecule has 0 saturated carbocycles. The first-order valence-corrected chi connectivity index (χ1v) is 6.98. The van der Waals surface area contributed by atoms with E-state index in [0.29, 0.717) is 12.0 Å². The molecular formula is C16H25NO. The summed E-state index contributed by atoms with van der Waals surface area (Å²) in [6.45, 7) is 14.3. The number of hydrogen-bond acceptors (Lipinski definition) is 2. The Labute approximate surface area is 111 Å². The summed E-state index contributed by atoms with van der Waals surface area (Å²) >= 11 is 0. The quantitative estimate of drug-likeness (QED) is 0.779. The van der Waals surface area contributed by atoms with Gasteiger partial charge in [-0.25, -0.2) is 0 Å². The molecule has 1 heterocycles. The van der Waals surface area contributed by atoms with Gasteiger partial charge in [-0.05, 0) is 44.7 Å². The predicted octanol–water partition coefficient (Wildman–Crippen LogP) is 4.11. The summed E-state index contributed by atoms with van der Waals surface area (Å²) < 4.78 is 6.09. The Kier molecular flexibility index (Phi) is 3.56. The Morgan fingerprint density at radius 2 is 1.89 bits per heavy atom. The van der Waals surface area contributed by atoms with Crippen molar-refractivity contribution in [1.29, 1.82) is 0 Å². The fourth-order valence-electron chi connectivity index (χ4n) is 2.67. The zero-order chi connectivity index (χ0) is 13.4. The van der Waals surface area contributed by atoms with Gasteiger partial charge in [0.2, 0.25) is 0 Å². The lowest BCUT2D eigenvalue weighted by molar-refractivity contribution is 0.207. The summed E-state index contributed by atoms with van der Waals surface area (Å²) in [5.41, 5.74) is 3.96. The minimum Gasteiger partial charge on any atom is -0.486 e. The Morgan fingerprint density at radius 1 is 1.22 bits per heavy atom. The largest absolute Gasteiger partial charge is 0.486 e. The van der Waals surface area contributed by atoms with E-state index in [0.717, 1.165) is 12.3 Å². The third-order valence-electron chi connectivity index (χ3n) is 3.66. The van der Waals surface area contributed by atoms with Crippen molar-refractivity contribution in [2.75, 3.05) is 11.4 Å². The summed E-state index contributed by atoms with van der Waals surface area (Å²) in [6.07, 6.45) is 0.265. The molecule has 0 saturated heterocycles. The molecule has 1 atom stereocenters. The number of ether oxygens (including phenoxy) is 1. The molecule has 0 N–H and O–H groups in total. The van der Waals surface area contributed by atoms with Gasteiger partial charge in [0.05, 0.1) is 12.2 Å². The van der Waals surface area contributed by atoms with Crippen LogP contribution in [0.4, 0.5) is 5.69 Å². The van der Waals surface area contributed by atoms with E-state index in [1.807, 2.05) is 0 Å². The Morgan fingerprint density at radius 3 is 2.44 bits per heavy atom. The molecular weight excluding hydrogens is 222 g/mol. The molecule has 18 heavy (non-hydrogen) atoms. The molecule has 2 heteroatoms. The maximum Gasteiger partial charge on any atom is 0.146 e. The highest BCUT2D eigenvalue weighted by Crippen LogP contribution is 2.42. The van der Waals surface area contributed by atoms with Crippen molar-refractivity contribution in [2.24, 2.45) is 0 Å². The number of fused-ring (bicyclic) bond motifs is 1. The minimum atomic E-state index is 0.265. The third kappa shape index (κ3) is 2.21. The van der Waals surface area contributed by atoms with E-state index in [4.69, 9.17) is 4.74 Å². The summed E-state index contributed by atoms with van der Waals surface area (Å²) in [7, 11) is 0. The van der Waals surface area contributed by atoms with Gasteiger partial charge in [-0.1, -0.05) is 26.0 Å². The van der Waals surface area contributed by atoms with E-state index < -0.39 is 0 Å². The molecule has 0 unspecified atom stereocenters. The fraction of sp³-hybridized carbons (Fsp3) is 0.625. The number of rotatable bonds is 2. The molecule has 0 aliphatic carbocycles. The zero-order valence-electron chi connectivity index (χ0n) is 12.4. The number of anilines is 1. The van der Waals surface area contributed by atoms with E-state index in [2.05, 4.69) is 58.6 Å². The smallest absolute Gasteiger partial charge is 0.146 e. The monoisotopic (exact) mass is 247 g/mol. The maximum absolute atomic E-state index is 6.09. The van der Waals surface area contributed by atoms with E-state index in [1.165, 1.54) is 16.8 Å². The van der Waals surface area contributed by atoms with Crippen LogP contribution in [0.2, 0.25) is 0 Å². The van der Waals surface area contributed by atoms with Gasteiger partial charge in [0.1, 0.15) is 11.9 Å². The highest BCUT2D eigenvalue weighted by Gasteiger charge is 2.29. The molecule has 100 valence electrons. The standard InChI is InChI=1S/C16H25NO/c1-10(2)14-8-7-12(5)16-15(14)17(11(3)4)9-13(6)18-16/h7-8,10-11,13H,9H2,1-6H3/t13-/m1/s1. The van der Waals surface area contributed by atoms with E-state index in [-0.39, 0.29) is 6.10 Å². The molecule has 1 aromatic rings. The Hall–Kier alpha value is -1.18. The van der Waals surface area contributed by atoms with E-state index in [1.54, 1.807) is 0 Å². The highest BCUT2D eigenvalue weighted by atomic mass is 16.5. The minimum absolute atomic E-state index is 0.265. The lowest BCUT2D eigenvalue weighted by atomic mass is 9.95. The second-order valence-corrected chi connectivity index (χ2v) is 5.98. The van der Waals surface area contributed by atoms with E-state index in [9.17, 15) is 0 Å². The SMILES string of the molecule is Cc1ccc(C(C)C)c2c1O[C@H](C)CN2C(C)C. The highest BCUT2D eigenvalue weighted by molar-refractivity contribution is 5.69. The second kappa shape index (κ2) is 4.83. The molecule has 1 aliphatic rings. The number of aryl methyl sites for hydroxylation is 1. The van der Waals surface area contributed by atoms with Crippen molar-refractivity contribution in [3.05, 3.63) is 23.3 Å². The van der Waals surface area contributed by atoms with Crippen molar-refractivity contribution in [3.8, 4) is 5.75 Å². The van der Waals surface area contributed by atoms with Crippen LogP contribution in [0.25, 0.3) is 0 Å². The molecule has 0 amide bonds. The Bertz CT molecular complexity index is 437. The van der Waals surface area contributed by atoms with Gasteiger partial charge in [0.25, 0.3) is 0 Å². The maximum atomic E-state index is 6.09. The molecule has 0 spiro atoms. The van der Waals surface area contributed by atoms with Crippen LogP contribution in [-0.2, 0) is 0 Å². The molecule has 0 aromatic heterocycles. The molecule has 1 aliphatic heterocycles. The molecule has 0 bridgehead atoms. The van der Waals surface area contributed by atoms with Gasteiger partial charge in [-0.2, -0.15) is 0 Å². The average molecular weight is 247 g/mol. The first-order valence-electron chi connectivity index (χ1n) is 6.98. The molecule has 2 rings (SSSR count). The van der Waals surface area contributed by atoms with Crippen molar-refractivity contribution >= 4 is 5.69 Å². The predicted molar refractivity (Wildman–Crippen MR) is 77.8 cm³/mol. The lowest BCUT2D eigenvalue weighted by Crippen LogP contribution is -2.43.